The van der Waals surface area contributed by atoms with Crippen LogP contribution in [0.5, 0.6) is 0 Å². The maximum Gasteiger partial charge on any atom is 0.504 e. The smallest absolute Gasteiger partial charge is 0.250 e. The quantitative estimate of drug-likeness (QED) is 0.377. The Morgan fingerprint density at radius 2 is 1.92 bits per heavy atom. The molecule has 0 heterocycles. The minimum Gasteiger partial charge on any atom is -0.250 e. The van der Waals surface area contributed by atoms with Gasteiger partial charge in [-0.1, -0.05) is 22.8 Å². The molecule has 0 atom stereocenters. The Morgan fingerprint density at radius 3 is 2.33 bits per heavy atom. The van der Waals surface area contributed by atoms with Crippen LogP contribution < -0.4 is 5.73 Å². The highest BCUT2D eigenvalue weighted by atomic mass is 16.2. The van der Waals surface area contributed by atoms with Crippen molar-refractivity contribution in [3.05, 3.63) is 30.3 Å². The van der Waals surface area contributed by atoms with E-state index in [1.54, 1.807) is 30.3 Å². The molecule has 0 saturated heterocycles. The molecular weight excluding hydrogens is 156 g/mol. The summed E-state index contributed by atoms with van der Waals surface area (Å²) in [5.74, 6) is 0. The molecule has 0 bridgehead atoms. The van der Waals surface area contributed by atoms with Crippen molar-refractivity contribution >= 4 is 17.8 Å². The monoisotopic (exact) mass is 163 g/mol. The zero-order valence-electron chi connectivity index (χ0n) is 6.23. The van der Waals surface area contributed by atoms with E-state index in [-0.39, 0.29) is 0 Å². The Bertz CT molecular complexity index is 339. The highest BCUT2D eigenvalue weighted by Crippen LogP contribution is 2.08. The Balaban J connectivity index is 3.14. The van der Waals surface area contributed by atoms with Gasteiger partial charge in [-0.05, 0) is 12.1 Å². The summed E-state index contributed by atoms with van der Waals surface area (Å²) in [4.78, 5) is 20.9. The first-order chi connectivity index (χ1) is 5.75. The van der Waals surface area contributed by atoms with Crippen LogP contribution in [0.15, 0.2) is 30.3 Å². The standard InChI is InChI=1S/C8H6N2O2/c9-8(12)10(6-11)7-4-2-1-3-5-7/h1-5H,(H-,9,12)/p+1. The van der Waals surface area contributed by atoms with Crippen molar-refractivity contribution in [2.24, 2.45) is 5.73 Å². The molecule has 60 valence electrons. The highest BCUT2D eigenvalue weighted by molar-refractivity contribution is 5.68. The van der Waals surface area contributed by atoms with E-state index in [1.165, 1.54) is 6.08 Å². The fourth-order valence-corrected chi connectivity index (χ4v) is 0.802. The number of isocyanates is 1. The summed E-state index contributed by atoms with van der Waals surface area (Å²) in [7, 11) is 0. The van der Waals surface area contributed by atoms with Crippen LogP contribution in [0.25, 0.3) is 0 Å². The minimum atomic E-state index is -0.837. The van der Waals surface area contributed by atoms with Crippen molar-refractivity contribution < 1.29 is 14.2 Å². The number of benzene rings is 1. The number of rotatable bonds is 1. The number of hydrogen-bond acceptors (Lipinski definition) is 2. The van der Waals surface area contributed by atoms with Crippen molar-refractivity contribution in [1.82, 2.24) is 0 Å². The molecule has 0 radical (unpaired) electrons. The van der Waals surface area contributed by atoms with Gasteiger partial charge in [0, 0.05) is 0 Å². The molecule has 1 rings (SSSR count). The molecule has 0 aliphatic rings. The largest absolute Gasteiger partial charge is 0.504 e. The summed E-state index contributed by atoms with van der Waals surface area (Å²) in [5.41, 5.74) is 5.32. The molecule has 4 nitrogen and oxygen atoms in total. The summed E-state index contributed by atoms with van der Waals surface area (Å²) in [6.07, 6.45) is 1.43. The zero-order chi connectivity index (χ0) is 8.97. The molecule has 12 heavy (non-hydrogen) atoms. The van der Waals surface area contributed by atoms with Gasteiger partial charge in [0.15, 0.2) is 0 Å². The molecule has 0 spiro atoms. The number of nitrogens with zero attached hydrogens (tertiary/aromatic N) is 1. The third-order valence-corrected chi connectivity index (χ3v) is 1.33. The molecule has 4 heteroatoms. The maximum absolute atomic E-state index is 10.6. The predicted molar refractivity (Wildman–Crippen MR) is 41.6 cm³/mol. The van der Waals surface area contributed by atoms with E-state index in [2.05, 4.69) is 0 Å². The molecule has 1 aromatic carbocycles. The Morgan fingerprint density at radius 1 is 1.33 bits per heavy atom. The molecule has 0 saturated carbocycles. The van der Waals surface area contributed by atoms with Gasteiger partial charge < -0.3 is 0 Å². The first-order valence-corrected chi connectivity index (χ1v) is 3.28. The van der Waals surface area contributed by atoms with Crippen LogP contribution in [-0.4, -0.2) is 16.7 Å². The van der Waals surface area contributed by atoms with Crippen molar-refractivity contribution in [1.29, 1.82) is 0 Å². The lowest BCUT2D eigenvalue weighted by molar-refractivity contribution is -0.327. The maximum atomic E-state index is 10.6. The molecule has 2 amide bonds. The van der Waals surface area contributed by atoms with Crippen LogP contribution in [0.2, 0.25) is 0 Å². The van der Waals surface area contributed by atoms with Gasteiger partial charge in [-0.2, -0.15) is 9.59 Å². The number of para-hydroxylation sites is 1. The second-order valence-corrected chi connectivity index (χ2v) is 2.10. The fraction of sp³-hybridized carbons (Fsp3) is 0. The van der Waals surface area contributed by atoms with Crippen LogP contribution >= 0.6 is 0 Å². The summed E-state index contributed by atoms with van der Waals surface area (Å²) in [5, 5.41) is 0. The van der Waals surface area contributed by atoms with Crippen LogP contribution in [0.1, 0.15) is 0 Å². The average molecular weight is 163 g/mol. The van der Waals surface area contributed by atoms with Crippen LogP contribution in [0.4, 0.5) is 10.5 Å². The van der Waals surface area contributed by atoms with Gasteiger partial charge >= 0.3 is 12.1 Å². The second-order valence-electron chi connectivity index (χ2n) is 2.10. The van der Waals surface area contributed by atoms with Crippen LogP contribution in [0.3, 0.4) is 0 Å². The predicted octanol–water partition coefficient (Wildman–Crippen LogP) is 0.745. The van der Waals surface area contributed by atoms with Gasteiger partial charge in [0.1, 0.15) is 5.69 Å². The molecule has 2 N–H and O–H groups in total. The SMILES string of the molecule is NC(=O)[N+](=C=O)c1ccccc1. The molecule has 0 aliphatic heterocycles. The van der Waals surface area contributed by atoms with Gasteiger partial charge in [-0.3, -0.25) is 0 Å². The molecule has 0 aromatic heterocycles. The number of nitrogens with two attached hydrogens (primary N) is 1. The minimum absolute atomic E-state index is 0.417. The Hall–Kier alpha value is -1.93. The van der Waals surface area contributed by atoms with Gasteiger partial charge in [0.05, 0.1) is 0 Å². The van der Waals surface area contributed by atoms with Crippen LogP contribution in [0, 0.1) is 0 Å². The summed E-state index contributed by atoms with van der Waals surface area (Å²) < 4.78 is 0.708. The van der Waals surface area contributed by atoms with E-state index in [4.69, 9.17) is 5.73 Å². The van der Waals surface area contributed by atoms with Gasteiger partial charge in [0.25, 0.3) is 0 Å². The van der Waals surface area contributed by atoms with E-state index in [9.17, 15) is 9.59 Å². The van der Waals surface area contributed by atoms with E-state index in [0.717, 1.165) is 0 Å². The van der Waals surface area contributed by atoms with Crippen LogP contribution in [-0.2, 0) is 4.79 Å². The number of hydrogen-bond donors (Lipinski definition) is 1. The normalized spacial score (nSPS) is 8.67. The van der Waals surface area contributed by atoms with Crippen molar-refractivity contribution in [3.63, 3.8) is 0 Å². The molecule has 0 fully saturated rings. The molecule has 1 aromatic rings. The number of carbonyl (C=O) groups is 1. The summed E-state index contributed by atoms with van der Waals surface area (Å²) >= 11 is 0. The number of carbonyl (C=O) groups excluding carboxylic acids is 2. The lowest BCUT2D eigenvalue weighted by atomic mass is 10.3. The average Bonchev–Trinajstić information content (AvgIpc) is 2.07. The second kappa shape index (κ2) is 3.46. The highest BCUT2D eigenvalue weighted by Gasteiger charge is 2.12. The topological polar surface area (TPSA) is 63.2 Å². The first kappa shape index (κ1) is 8.17. The first-order valence-electron chi connectivity index (χ1n) is 3.28. The number of primary amides is 1. The van der Waals surface area contributed by atoms with Crippen molar-refractivity contribution in [2.45, 2.75) is 0 Å². The summed E-state index contributed by atoms with van der Waals surface area (Å²) in [6, 6.07) is 7.51. The number of urea groups is 1. The molecule has 0 aliphatic carbocycles. The lowest BCUT2D eigenvalue weighted by Gasteiger charge is -1.92. The van der Waals surface area contributed by atoms with E-state index in [1.807, 2.05) is 0 Å². The molecule has 0 unspecified atom stereocenters. The van der Waals surface area contributed by atoms with Crippen molar-refractivity contribution in [3.8, 4) is 0 Å². The van der Waals surface area contributed by atoms with Gasteiger partial charge in [-0.25, -0.2) is 5.73 Å². The molecular formula is C8H7N2O2+. The lowest BCUT2D eigenvalue weighted by Crippen LogP contribution is -2.22. The Kier molecular flexibility index (Phi) is 2.35. The third kappa shape index (κ3) is 1.56. The third-order valence-electron chi connectivity index (χ3n) is 1.33. The van der Waals surface area contributed by atoms with E-state index >= 15 is 0 Å². The van der Waals surface area contributed by atoms with Gasteiger partial charge in [-0.15, -0.1) is 0 Å². The van der Waals surface area contributed by atoms with Crippen molar-refractivity contribution in [2.75, 3.05) is 0 Å². The fourth-order valence-electron chi connectivity index (χ4n) is 0.802. The van der Waals surface area contributed by atoms with E-state index < -0.39 is 6.03 Å². The zero-order valence-corrected chi connectivity index (χ0v) is 6.23. The number of amides is 2. The van der Waals surface area contributed by atoms with E-state index in [0.29, 0.717) is 10.3 Å². The summed E-state index contributed by atoms with van der Waals surface area (Å²) in [6.45, 7) is 0. The Labute approximate surface area is 68.9 Å². The van der Waals surface area contributed by atoms with Gasteiger partial charge in [0.2, 0.25) is 0 Å².